The Morgan fingerprint density at radius 1 is 1.38 bits per heavy atom. The summed E-state index contributed by atoms with van der Waals surface area (Å²) in [6.45, 7) is 3.84. The lowest BCUT2D eigenvalue weighted by Gasteiger charge is -2.24. The first-order chi connectivity index (χ1) is 7.48. The molecule has 0 spiro atoms. The van der Waals surface area contributed by atoms with Crippen LogP contribution < -0.4 is 0 Å². The third kappa shape index (κ3) is 3.34. The van der Waals surface area contributed by atoms with Crippen LogP contribution in [-0.2, 0) is 11.2 Å². The van der Waals surface area contributed by atoms with Gasteiger partial charge in [0.15, 0.2) is 0 Å². The lowest BCUT2D eigenvalue weighted by molar-refractivity contribution is -0.148. The number of carbonyl (C=O) groups is 1. The molecule has 0 heterocycles. The number of hydrogen-bond acceptors (Lipinski definition) is 1. The second-order valence-electron chi connectivity index (χ2n) is 4.42. The summed E-state index contributed by atoms with van der Waals surface area (Å²) in [5.74, 6) is -0.711. The van der Waals surface area contributed by atoms with Crippen LogP contribution in [0.2, 0.25) is 0 Å². The van der Waals surface area contributed by atoms with Crippen LogP contribution in [-0.4, -0.2) is 11.1 Å². The number of carboxylic acid groups (broad SMARTS) is 1. The summed E-state index contributed by atoms with van der Waals surface area (Å²) < 4.78 is 1.02. The van der Waals surface area contributed by atoms with Crippen molar-refractivity contribution in [2.45, 2.75) is 33.1 Å². The van der Waals surface area contributed by atoms with Crippen LogP contribution >= 0.6 is 15.9 Å². The maximum Gasteiger partial charge on any atom is 0.309 e. The third-order valence-corrected chi connectivity index (χ3v) is 3.35. The normalized spacial score (nSPS) is 14.4. The lowest BCUT2D eigenvalue weighted by atomic mass is 9.80. The molecule has 0 saturated carbocycles. The summed E-state index contributed by atoms with van der Waals surface area (Å²) in [6.07, 6.45) is 2.18. The molecule has 0 saturated heterocycles. The molecule has 3 heteroatoms. The summed E-state index contributed by atoms with van der Waals surface area (Å²) >= 11 is 3.37. The molecule has 0 aromatic heterocycles. The molecule has 1 unspecified atom stereocenters. The highest BCUT2D eigenvalue weighted by Gasteiger charge is 2.32. The van der Waals surface area contributed by atoms with E-state index in [4.69, 9.17) is 0 Å². The van der Waals surface area contributed by atoms with Crippen molar-refractivity contribution in [3.05, 3.63) is 34.3 Å². The molecule has 16 heavy (non-hydrogen) atoms. The highest BCUT2D eigenvalue weighted by molar-refractivity contribution is 9.10. The van der Waals surface area contributed by atoms with E-state index >= 15 is 0 Å². The molecule has 88 valence electrons. The molecule has 0 aliphatic carbocycles. The maximum atomic E-state index is 11.3. The van der Waals surface area contributed by atoms with E-state index < -0.39 is 11.4 Å². The van der Waals surface area contributed by atoms with Gasteiger partial charge in [0.05, 0.1) is 5.41 Å². The van der Waals surface area contributed by atoms with Crippen LogP contribution in [0, 0.1) is 5.41 Å². The third-order valence-electron chi connectivity index (χ3n) is 2.83. The summed E-state index contributed by atoms with van der Waals surface area (Å²) in [6, 6.07) is 7.84. The zero-order valence-electron chi connectivity index (χ0n) is 9.66. The van der Waals surface area contributed by atoms with E-state index in [1.807, 2.05) is 38.1 Å². The van der Waals surface area contributed by atoms with Crippen LogP contribution in [0.3, 0.4) is 0 Å². The first-order valence-corrected chi connectivity index (χ1v) is 6.25. The van der Waals surface area contributed by atoms with Crippen molar-refractivity contribution in [2.24, 2.45) is 5.41 Å². The molecule has 0 bridgehead atoms. The van der Waals surface area contributed by atoms with Crippen molar-refractivity contribution in [1.29, 1.82) is 0 Å². The molecular weight excluding hydrogens is 268 g/mol. The van der Waals surface area contributed by atoms with Crippen molar-refractivity contribution in [2.75, 3.05) is 0 Å². The predicted molar refractivity (Wildman–Crippen MR) is 68.5 cm³/mol. The molecular formula is C13H17BrO2. The van der Waals surface area contributed by atoms with Crippen molar-refractivity contribution < 1.29 is 9.90 Å². The highest BCUT2D eigenvalue weighted by atomic mass is 79.9. The number of rotatable bonds is 5. The average molecular weight is 285 g/mol. The second kappa shape index (κ2) is 5.48. The fourth-order valence-electron chi connectivity index (χ4n) is 1.88. The maximum absolute atomic E-state index is 11.3. The average Bonchev–Trinajstić information content (AvgIpc) is 2.22. The Hall–Kier alpha value is -0.830. The largest absolute Gasteiger partial charge is 0.481 e. The van der Waals surface area contributed by atoms with Crippen LogP contribution in [0.5, 0.6) is 0 Å². The van der Waals surface area contributed by atoms with Gasteiger partial charge in [-0.25, -0.2) is 0 Å². The topological polar surface area (TPSA) is 37.3 Å². The smallest absolute Gasteiger partial charge is 0.309 e. The standard InChI is InChI=1S/C13H17BrO2/c1-3-8-13(2,12(15)16)9-10-4-6-11(14)7-5-10/h4-7H,3,8-9H2,1-2H3,(H,15,16). The van der Waals surface area contributed by atoms with Gasteiger partial charge in [-0.1, -0.05) is 41.4 Å². The predicted octanol–water partition coefficient (Wildman–Crippen LogP) is 3.88. The Morgan fingerprint density at radius 2 is 1.94 bits per heavy atom. The van der Waals surface area contributed by atoms with Crippen LogP contribution in [0.1, 0.15) is 32.3 Å². The molecule has 1 aromatic carbocycles. The Bertz CT molecular complexity index is 359. The van der Waals surface area contributed by atoms with Gasteiger partial charge in [0.25, 0.3) is 0 Å². The second-order valence-corrected chi connectivity index (χ2v) is 5.33. The monoisotopic (exact) mass is 284 g/mol. The summed E-state index contributed by atoms with van der Waals surface area (Å²) in [5, 5.41) is 9.27. The number of halogens is 1. The zero-order chi connectivity index (χ0) is 12.2. The Morgan fingerprint density at radius 3 is 2.38 bits per heavy atom. The van der Waals surface area contributed by atoms with Gasteiger partial charge in [-0.05, 0) is 37.5 Å². The first kappa shape index (κ1) is 13.2. The number of hydrogen-bond donors (Lipinski definition) is 1. The number of aliphatic carboxylic acids is 1. The molecule has 1 aromatic rings. The van der Waals surface area contributed by atoms with Crippen molar-refractivity contribution in [3.63, 3.8) is 0 Å². The molecule has 0 aliphatic rings. The van der Waals surface area contributed by atoms with E-state index in [1.165, 1.54) is 0 Å². The van der Waals surface area contributed by atoms with Crippen LogP contribution in [0.15, 0.2) is 28.7 Å². The molecule has 0 aliphatic heterocycles. The van der Waals surface area contributed by atoms with Gasteiger partial charge in [0.2, 0.25) is 0 Å². The van der Waals surface area contributed by atoms with E-state index in [2.05, 4.69) is 15.9 Å². The highest BCUT2D eigenvalue weighted by Crippen LogP contribution is 2.29. The van der Waals surface area contributed by atoms with Crippen LogP contribution in [0.4, 0.5) is 0 Å². The quantitative estimate of drug-likeness (QED) is 0.891. The minimum Gasteiger partial charge on any atom is -0.481 e. The van der Waals surface area contributed by atoms with Gasteiger partial charge in [0, 0.05) is 4.47 Å². The van der Waals surface area contributed by atoms with Gasteiger partial charge in [-0.2, -0.15) is 0 Å². The summed E-state index contributed by atoms with van der Waals surface area (Å²) in [5.41, 5.74) is 0.421. The molecule has 1 rings (SSSR count). The molecule has 1 N–H and O–H groups in total. The molecule has 1 atom stereocenters. The summed E-state index contributed by atoms with van der Waals surface area (Å²) in [4.78, 5) is 11.3. The fraction of sp³-hybridized carbons (Fsp3) is 0.462. The fourth-order valence-corrected chi connectivity index (χ4v) is 2.14. The van der Waals surface area contributed by atoms with Crippen LogP contribution in [0.25, 0.3) is 0 Å². The molecule has 2 nitrogen and oxygen atoms in total. The SMILES string of the molecule is CCCC(C)(Cc1ccc(Br)cc1)C(=O)O. The van der Waals surface area contributed by atoms with E-state index in [0.29, 0.717) is 12.8 Å². The van der Waals surface area contributed by atoms with Gasteiger partial charge < -0.3 is 5.11 Å². The molecule has 0 fully saturated rings. The Kier molecular flexibility index (Phi) is 4.54. The minimum atomic E-state index is -0.711. The van der Waals surface area contributed by atoms with Gasteiger partial charge in [-0.3, -0.25) is 4.79 Å². The molecule has 0 radical (unpaired) electrons. The number of benzene rings is 1. The van der Waals surface area contributed by atoms with E-state index in [9.17, 15) is 9.90 Å². The van der Waals surface area contributed by atoms with E-state index in [0.717, 1.165) is 16.5 Å². The minimum absolute atomic E-state index is 0.587. The van der Waals surface area contributed by atoms with Gasteiger partial charge in [-0.15, -0.1) is 0 Å². The van der Waals surface area contributed by atoms with Crippen molar-refractivity contribution >= 4 is 21.9 Å². The number of carboxylic acids is 1. The summed E-state index contributed by atoms with van der Waals surface area (Å²) in [7, 11) is 0. The van der Waals surface area contributed by atoms with Crippen molar-refractivity contribution in [3.8, 4) is 0 Å². The van der Waals surface area contributed by atoms with Gasteiger partial charge in [0.1, 0.15) is 0 Å². The Balaban J connectivity index is 2.83. The zero-order valence-corrected chi connectivity index (χ0v) is 11.3. The van der Waals surface area contributed by atoms with Gasteiger partial charge >= 0.3 is 5.97 Å². The lowest BCUT2D eigenvalue weighted by Crippen LogP contribution is -2.29. The van der Waals surface area contributed by atoms with Crippen molar-refractivity contribution in [1.82, 2.24) is 0 Å². The Labute approximate surface area is 105 Å². The van der Waals surface area contributed by atoms with E-state index in [1.54, 1.807) is 0 Å². The van der Waals surface area contributed by atoms with E-state index in [-0.39, 0.29) is 0 Å². The molecule has 0 amide bonds. The first-order valence-electron chi connectivity index (χ1n) is 5.46.